The number of aromatic nitrogens is 2. The highest BCUT2D eigenvalue weighted by atomic mass is 35.5. The molecule has 0 atom stereocenters. The Morgan fingerprint density at radius 3 is 2.37 bits per heavy atom. The second-order valence-electron chi connectivity index (χ2n) is 4.11. The van der Waals surface area contributed by atoms with E-state index in [9.17, 15) is 0 Å². The van der Waals surface area contributed by atoms with Gasteiger partial charge in [0.15, 0.2) is 0 Å². The Morgan fingerprint density at radius 2 is 1.79 bits per heavy atom. The fraction of sp³-hybridized carbons (Fsp3) is 0.167. The van der Waals surface area contributed by atoms with Crippen LogP contribution in [-0.4, -0.2) is 24.1 Å². The smallest absolute Gasteiger partial charge is 0.226 e. The Morgan fingerprint density at radius 1 is 1.11 bits per heavy atom. The molecule has 1 aromatic heterocycles. The molecule has 0 bridgehead atoms. The minimum absolute atomic E-state index is 0.318. The van der Waals surface area contributed by atoms with Crippen LogP contribution in [-0.2, 0) is 0 Å². The molecule has 0 saturated carbocycles. The summed E-state index contributed by atoms with van der Waals surface area (Å²) >= 11 is 18.1. The standard InChI is InChI=1S/C12H11Cl3N4/c1-19(2)12-17-5-8(11(16)18-12)7-3-6(13)4-9(14)10(7)15/h3-5H,1-2H3,(H2,16,17,18). The van der Waals surface area contributed by atoms with Gasteiger partial charge in [0.05, 0.1) is 10.0 Å². The lowest BCUT2D eigenvalue weighted by molar-refractivity contribution is 1.00. The van der Waals surface area contributed by atoms with Gasteiger partial charge in [-0.05, 0) is 12.1 Å². The van der Waals surface area contributed by atoms with Crippen molar-refractivity contribution in [3.63, 3.8) is 0 Å². The minimum atomic E-state index is 0.318. The molecule has 2 N–H and O–H groups in total. The van der Waals surface area contributed by atoms with E-state index in [1.54, 1.807) is 23.2 Å². The van der Waals surface area contributed by atoms with Gasteiger partial charge in [0.2, 0.25) is 5.95 Å². The number of halogens is 3. The Hall–Kier alpha value is -1.23. The van der Waals surface area contributed by atoms with Crippen LogP contribution in [0.25, 0.3) is 11.1 Å². The number of hydrogen-bond acceptors (Lipinski definition) is 4. The maximum atomic E-state index is 6.16. The molecule has 1 heterocycles. The summed E-state index contributed by atoms with van der Waals surface area (Å²) in [7, 11) is 3.66. The van der Waals surface area contributed by atoms with Crippen LogP contribution in [0, 0.1) is 0 Å². The van der Waals surface area contributed by atoms with Crippen molar-refractivity contribution < 1.29 is 0 Å². The third kappa shape index (κ3) is 2.86. The molecule has 1 aromatic carbocycles. The Bertz CT molecular complexity index is 629. The van der Waals surface area contributed by atoms with E-state index >= 15 is 0 Å². The molecule has 0 unspecified atom stereocenters. The van der Waals surface area contributed by atoms with Crippen molar-refractivity contribution in [2.45, 2.75) is 0 Å². The van der Waals surface area contributed by atoms with E-state index < -0.39 is 0 Å². The average molecular weight is 318 g/mol. The van der Waals surface area contributed by atoms with Gasteiger partial charge in [-0.25, -0.2) is 4.98 Å². The SMILES string of the molecule is CN(C)c1ncc(-c2cc(Cl)cc(Cl)c2Cl)c(N)n1. The number of nitrogens with two attached hydrogens (primary N) is 1. The van der Waals surface area contributed by atoms with Gasteiger partial charge in [0.25, 0.3) is 0 Å². The van der Waals surface area contributed by atoms with Crippen LogP contribution in [0.2, 0.25) is 15.1 Å². The van der Waals surface area contributed by atoms with E-state index in [1.165, 1.54) is 0 Å². The topological polar surface area (TPSA) is 55.0 Å². The van der Waals surface area contributed by atoms with Crippen molar-refractivity contribution in [1.82, 2.24) is 9.97 Å². The largest absolute Gasteiger partial charge is 0.383 e. The molecule has 2 rings (SSSR count). The predicted molar refractivity (Wildman–Crippen MR) is 81.2 cm³/mol. The third-order valence-electron chi connectivity index (χ3n) is 2.49. The molecular weight excluding hydrogens is 307 g/mol. The lowest BCUT2D eigenvalue weighted by Crippen LogP contribution is -2.13. The van der Waals surface area contributed by atoms with Gasteiger partial charge < -0.3 is 10.6 Å². The van der Waals surface area contributed by atoms with Crippen LogP contribution in [0.15, 0.2) is 18.3 Å². The molecule has 0 aliphatic rings. The average Bonchev–Trinajstić information content (AvgIpc) is 2.33. The Kier molecular flexibility index (Phi) is 4.04. The van der Waals surface area contributed by atoms with Crippen molar-refractivity contribution in [3.05, 3.63) is 33.4 Å². The summed E-state index contributed by atoms with van der Waals surface area (Å²) in [5.74, 6) is 0.837. The monoisotopic (exact) mass is 316 g/mol. The van der Waals surface area contributed by atoms with E-state index in [4.69, 9.17) is 40.5 Å². The molecule has 4 nitrogen and oxygen atoms in total. The summed E-state index contributed by atoms with van der Waals surface area (Å²) in [5, 5.41) is 1.21. The number of anilines is 2. The van der Waals surface area contributed by atoms with Gasteiger partial charge in [0, 0.05) is 36.4 Å². The zero-order valence-corrected chi connectivity index (χ0v) is 12.6. The fourth-order valence-electron chi connectivity index (χ4n) is 1.56. The quantitative estimate of drug-likeness (QED) is 0.857. The van der Waals surface area contributed by atoms with Crippen molar-refractivity contribution >= 4 is 46.6 Å². The van der Waals surface area contributed by atoms with Crippen molar-refractivity contribution in [2.24, 2.45) is 0 Å². The first-order valence-electron chi connectivity index (χ1n) is 5.35. The van der Waals surface area contributed by atoms with Crippen LogP contribution >= 0.6 is 34.8 Å². The van der Waals surface area contributed by atoms with Crippen LogP contribution < -0.4 is 10.6 Å². The second-order valence-corrected chi connectivity index (χ2v) is 5.33. The first-order valence-corrected chi connectivity index (χ1v) is 6.48. The molecule has 0 radical (unpaired) electrons. The maximum Gasteiger partial charge on any atom is 0.226 e. The van der Waals surface area contributed by atoms with Crippen LogP contribution in [0.4, 0.5) is 11.8 Å². The van der Waals surface area contributed by atoms with Gasteiger partial charge >= 0.3 is 0 Å². The molecule has 0 aliphatic carbocycles. The van der Waals surface area contributed by atoms with Crippen molar-refractivity contribution in [1.29, 1.82) is 0 Å². The van der Waals surface area contributed by atoms with Crippen LogP contribution in [0.3, 0.4) is 0 Å². The van der Waals surface area contributed by atoms with E-state index in [0.717, 1.165) is 0 Å². The second kappa shape index (κ2) is 5.41. The zero-order chi connectivity index (χ0) is 14.2. The van der Waals surface area contributed by atoms with Gasteiger partial charge in [-0.2, -0.15) is 4.98 Å². The predicted octanol–water partition coefficient (Wildman–Crippen LogP) is 3.75. The molecule has 0 saturated heterocycles. The summed E-state index contributed by atoms with van der Waals surface area (Å²) < 4.78 is 0. The first kappa shape index (κ1) is 14.2. The first-order chi connectivity index (χ1) is 8.90. The maximum absolute atomic E-state index is 6.16. The molecule has 0 amide bonds. The molecule has 19 heavy (non-hydrogen) atoms. The Labute approximate surface area is 126 Å². The molecule has 7 heteroatoms. The molecule has 0 aliphatic heterocycles. The Balaban J connectivity index is 2.60. The van der Waals surface area contributed by atoms with Gasteiger partial charge in [0.1, 0.15) is 5.82 Å². The van der Waals surface area contributed by atoms with Crippen molar-refractivity contribution in [3.8, 4) is 11.1 Å². The van der Waals surface area contributed by atoms with Gasteiger partial charge in [-0.3, -0.25) is 0 Å². The highest BCUT2D eigenvalue weighted by Crippen LogP contribution is 2.38. The number of hydrogen-bond donors (Lipinski definition) is 1. The highest BCUT2D eigenvalue weighted by Gasteiger charge is 2.14. The summed E-state index contributed by atoms with van der Waals surface area (Å²) in [6.07, 6.45) is 1.60. The summed E-state index contributed by atoms with van der Waals surface area (Å²) in [4.78, 5) is 10.2. The molecule has 0 fully saturated rings. The fourth-order valence-corrected chi connectivity index (χ4v) is 2.26. The zero-order valence-electron chi connectivity index (χ0n) is 10.3. The molecular formula is C12H11Cl3N4. The van der Waals surface area contributed by atoms with Crippen molar-refractivity contribution in [2.75, 3.05) is 24.7 Å². The highest BCUT2D eigenvalue weighted by molar-refractivity contribution is 6.45. The molecule has 0 spiro atoms. The lowest BCUT2D eigenvalue weighted by Gasteiger charge is -2.13. The number of rotatable bonds is 2. The van der Waals surface area contributed by atoms with E-state index in [0.29, 0.717) is 38.0 Å². The summed E-state index contributed by atoms with van der Waals surface area (Å²) in [6, 6.07) is 3.25. The molecule has 100 valence electrons. The van der Waals surface area contributed by atoms with E-state index in [2.05, 4.69) is 9.97 Å². The summed E-state index contributed by atoms with van der Waals surface area (Å²) in [6.45, 7) is 0. The number of nitrogens with zero attached hydrogens (tertiary/aromatic N) is 3. The third-order valence-corrected chi connectivity index (χ3v) is 3.51. The van der Waals surface area contributed by atoms with E-state index in [-0.39, 0.29) is 0 Å². The lowest BCUT2D eigenvalue weighted by atomic mass is 10.1. The molecule has 2 aromatic rings. The normalized spacial score (nSPS) is 10.6. The van der Waals surface area contributed by atoms with Gasteiger partial charge in [-0.1, -0.05) is 34.8 Å². The van der Waals surface area contributed by atoms with Crippen LogP contribution in [0.1, 0.15) is 0 Å². The number of nitrogen functional groups attached to an aromatic ring is 1. The minimum Gasteiger partial charge on any atom is -0.383 e. The van der Waals surface area contributed by atoms with E-state index in [1.807, 2.05) is 14.1 Å². The summed E-state index contributed by atoms with van der Waals surface area (Å²) in [5.41, 5.74) is 7.15. The van der Waals surface area contributed by atoms with Crippen LogP contribution in [0.5, 0.6) is 0 Å². The van der Waals surface area contributed by atoms with Gasteiger partial charge in [-0.15, -0.1) is 0 Å². The number of benzene rings is 1.